The lowest BCUT2D eigenvalue weighted by Gasteiger charge is -2.19. The second kappa shape index (κ2) is 3.64. The second-order valence-corrected chi connectivity index (χ2v) is 6.04. The Morgan fingerprint density at radius 1 is 1.24 bits per heavy atom. The molecule has 17 heavy (non-hydrogen) atoms. The molecule has 0 heterocycles. The van der Waals surface area contributed by atoms with Crippen LogP contribution in [0.5, 0.6) is 0 Å². The van der Waals surface area contributed by atoms with E-state index in [2.05, 4.69) is 15.9 Å². The van der Waals surface area contributed by atoms with Crippen LogP contribution in [0.4, 0.5) is 0 Å². The molecule has 0 saturated heterocycles. The topological polar surface area (TPSA) is 57.5 Å². The van der Waals surface area contributed by atoms with Crippen molar-refractivity contribution < 1.29 is 15.0 Å². The van der Waals surface area contributed by atoms with Crippen LogP contribution in [-0.4, -0.2) is 28.2 Å². The first kappa shape index (κ1) is 11.4. The van der Waals surface area contributed by atoms with Gasteiger partial charge in [-0.05, 0) is 42.5 Å². The zero-order chi connectivity index (χ0) is 12.2. The summed E-state index contributed by atoms with van der Waals surface area (Å²) < 4.78 is 1.000. The zero-order valence-electron chi connectivity index (χ0n) is 9.19. The highest BCUT2D eigenvalue weighted by Gasteiger charge is 2.54. The van der Waals surface area contributed by atoms with Gasteiger partial charge in [0.25, 0.3) is 0 Å². The van der Waals surface area contributed by atoms with E-state index in [0.29, 0.717) is 19.3 Å². The molecule has 3 atom stereocenters. The summed E-state index contributed by atoms with van der Waals surface area (Å²) in [6, 6.07) is 6.00. The van der Waals surface area contributed by atoms with Crippen LogP contribution in [0.15, 0.2) is 22.7 Å². The number of ketones is 1. The molecule has 3 nitrogen and oxygen atoms in total. The Morgan fingerprint density at radius 2 is 1.94 bits per heavy atom. The fourth-order valence-electron chi connectivity index (χ4n) is 3.14. The van der Waals surface area contributed by atoms with Gasteiger partial charge in [0.15, 0.2) is 5.78 Å². The number of carbonyl (C=O) groups is 1. The molecule has 90 valence electrons. The molecule has 1 fully saturated rings. The summed E-state index contributed by atoms with van der Waals surface area (Å²) in [5.41, 5.74) is 1.74. The van der Waals surface area contributed by atoms with Gasteiger partial charge in [-0.15, -0.1) is 0 Å². The second-order valence-electron chi connectivity index (χ2n) is 5.13. The molecule has 0 amide bonds. The highest BCUT2D eigenvalue weighted by atomic mass is 79.9. The maximum Gasteiger partial charge on any atom is 0.170 e. The first-order chi connectivity index (χ1) is 8.02. The van der Waals surface area contributed by atoms with Crippen molar-refractivity contribution in [2.75, 3.05) is 0 Å². The normalized spacial score (nSPS) is 35.6. The minimum atomic E-state index is -1.20. The van der Waals surface area contributed by atoms with E-state index in [-0.39, 0.29) is 5.78 Å². The van der Waals surface area contributed by atoms with Crippen molar-refractivity contribution in [1.29, 1.82) is 0 Å². The summed E-state index contributed by atoms with van der Waals surface area (Å²) in [6.07, 6.45) is -0.454. The predicted molar refractivity (Wildman–Crippen MR) is 65.6 cm³/mol. The monoisotopic (exact) mass is 296 g/mol. The van der Waals surface area contributed by atoms with Crippen LogP contribution in [0.3, 0.4) is 0 Å². The average Bonchev–Trinajstić information content (AvgIpc) is 2.73. The van der Waals surface area contributed by atoms with Crippen molar-refractivity contribution in [2.45, 2.75) is 31.5 Å². The Balaban J connectivity index is 1.98. The van der Waals surface area contributed by atoms with E-state index in [1.165, 1.54) is 0 Å². The number of hydrogen-bond donors (Lipinski definition) is 2. The van der Waals surface area contributed by atoms with Gasteiger partial charge in [0.2, 0.25) is 0 Å². The molecule has 1 saturated carbocycles. The smallest absolute Gasteiger partial charge is 0.170 e. The van der Waals surface area contributed by atoms with Crippen molar-refractivity contribution in [3.05, 3.63) is 33.8 Å². The summed E-state index contributed by atoms with van der Waals surface area (Å²) in [6.45, 7) is 0. The summed E-state index contributed by atoms with van der Waals surface area (Å²) >= 11 is 3.42. The average molecular weight is 297 g/mol. The van der Waals surface area contributed by atoms with Gasteiger partial charge >= 0.3 is 0 Å². The first-order valence-electron chi connectivity index (χ1n) is 5.70. The van der Waals surface area contributed by atoms with E-state index < -0.39 is 17.6 Å². The lowest BCUT2D eigenvalue weighted by molar-refractivity contribution is -0.133. The summed E-state index contributed by atoms with van der Waals surface area (Å²) in [5.74, 6) is -0.197. The Morgan fingerprint density at radius 3 is 2.59 bits per heavy atom. The fraction of sp³-hybridized carbons (Fsp3) is 0.462. The highest BCUT2D eigenvalue weighted by Crippen LogP contribution is 2.47. The third-order valence-corrected chi connectivity index (χ3v) is 4.47. The molecule has 0 radical (unpaired) electrons. The van der Waals surface area contributed by atoms with Crippen LogP contribution >= 0.6 is 15.9 Å². The molecule has 0 aliphatic heterocycles. The quantitative estimate of drug-likeness (QED) is 0.757. The standard InChI is InChI=1S/C13H13BrO3/c14-9-2-1-7-4-13(5-8(7)3-9)6-10(15)11(16)12(13)17/h1-3,10-11,15-16H,4-6H2/t10?,11-,13?/m1/s1. The SMILES string of the molecule is O=C1[C@H](O)C(O)CC12Cc1ccc(Br)cc1C2. The molecule has 1 spiro atoms. The predicted octanol–water partition coefficient (Wildman–Crippen LogP) is 1.23. The van der Waals surface area contributed by atoms with Gasteiger partial charge in [0.05, 0.1) is 6.10 Å². The van der Waals surface area contributed by atoms with Crippen molar-refractivity contribution in [3.63, 3.8) is 0 Å². The molecule has 1 aromatic rings. The summed E-state index contributed by atoms with van der Waals surface area (Å²) in [7, 11) is 0. The number of benzene rings is 1. The van der Waals surface area contributed by atoms with Crippen molar-refractivity contribution in [3.8, 4) is 0 Å². The maximum absolute atomic E-state index is 12.1. The van der Waals surface area contributed by atoms with Gasteiger partial charge in [0, 0.05) is 9.89 Å². The molecule has 0 aromatic heterocycles. The minimum Gasteiger partial charge on any atom is -0.390 e. The van der Waals surface area contributed by atoms with Crippen molar-refractivity contribution in [2.24, 2.45) is 5.41 Å². The number of fused-ring (bicyclic) bond motifs is 1. The Labute approximate surface area is 108 Å². The Hall–Kier alpha value is -0.710. The molecule has 2 unspecified atom stereocenters. The van der Waals surface area contributed by atoms with Crippen LogP contribution in [0, 0.1) is 5.41 Å². The third kappa shape index (κ3) is 1.58. The van der Waals surface area contributed by atoms with Gasteiger partial charge in [0.1, 0.15) is 6.10 Å². The molecule has 2 aliphatic rings. The molecule has 2 N–H and O–H groups in total. The number of carbonyl (C=O) groups excluding carboxylic acids is 1. The number of hydrogen-bond acceptors (Lipinski definition) is 3. The largest absolute Gasteiger partial charge is 0.390 e. The highest BCUT2D eigenvalue weighted by molar-refractivity contribution is 9.10. The third-order valence-electron chi connectivity index (χ3n) is 3.98. The van der Waals surface area contributed by atoms with E-state index in [0.717, 1.165) is 15.6 Å². The van der Waals surface area contributed by atoms with Gasteiger partial charge in [-0.3, -0.25) is 4.79 Å². The van der Waals surface area contributed by atoms with Gasteiger partial charge in [-0.2, -0.15) is 0 Å². The maximum atomic E-state index is 12.1. The lowest BCUT2D eigenvalue weighted by atomic mass is 9.82. The van der Waals surface area contributed by atoms with E-state index in [1.54, 1.807) is 0 Å². The zero-order valence-corrected chi connectivity index (χ0v) is 10.8. The number of halogens is 1. The van der Waals surface area contributed by atoms with E-state index in [4.69, 9.17) is 0 Å². The molecule has 3 rings (SSSR count). The number of rotatable bonds is 0. The Kier molecular flexibility index (Phi) is 2.44. The molecule has 2 aliphatic carbocycles. The number of Topliss-reactive ketones (excluding diaryl/α,β-unsaturated/α-hetero) is 1. The van der Waals surface area contributed by atoms with Crippen LogP contribution in [0.1, 0.15) is 17.5 Å². The van der Waals surface area contributed by atoms with Crippen LogP contribution in [0.2, 0.25) is 0 Å². The van der Waals surface area contributed by atoms with Crippen LogP contribution in [-0.2, 0) is 17.6 Å². The summed E-state index contributed by atoms with van der Waals surface area (Å²) in [4.78, 5) is 12.1. The number of aliphatic hydroxyl groups is 2. The summed E-state index contributed by atoms with van der Waals surface area (Å²) in [5, 5.41) is 19.3. The van der Waals surface area contributed by atoms with E-state index in [9.17, 15) is 15.0 Å². The molecular weight excluding hydrogens is 284 g/mol. The fourth-order valence-corrected chi connectivity index (χ4v) is 3.55. The van der Waals surface area contributed by atoms with Crippen molar-refractivity contribution in [1.82, 2.24) is 0 Å². The van der Waals surface area contributed by atoms with Gasteiger partial charge in [-0.1, -0.05) is 22.0 Å². The molecule has 0 bridgehead atoms. The van der Waals surface area contributed by atoms with Gasteiger partial charge < -0.3 is 10.2 Å². The van der Waals surface area contributed by atoms with Crippen LogP contribution in [0.25, 0.3) is 0 Å². The molecular formula is C13H13BrO3. The van der Waals surface area contributed by atoms with Gasteiger partial charge in [-0.25, -0.2) is 0 Å². The number of aliphatic hydroxyl groups excluding tert-OH is 2. The first-order valence-corrected chi connectivity index (χ1v) is 6.49. The van der Waals surface area contributed by atoms with E-state index in [1.807, 2.05) is 18.2 Å². The lowest BCUT2D eigenvalue weighted by Crippen LogP contribution is -2.32. The molecule has 4 heteroatoms. The van der Waals surface area contributed by atoms with Crippen LogP contribution < -0.4 is 0 Å². The Bertz CT molecular complexity index is 499. The molecule has 1 aromatic carbocycles. The van der Waals surface area contributed by atoms with E-state index >= 15 is 0 Å². The van der Waals surface area contributed by atoms with Crippen molar-refractivity contribution >= 4 is 21.7 Å². The minimum absolute atomic E-state index is 0.197.